The summed E-state index contributed by atoms with van der Waals surface area (Å²) in [5.41, 5.74) is 1.69. The van der Waals surface area contributed by atoms with E-state index in [1.807, 2.05) is 19.4 Å². The monoisotopic (exact) mass is 333 g/mol. The zero-order valence-electron chi connectivity index (χ0n) is 13.4. The van der Waals surface area contributed by atoms with Crippen LogP contribution in [0.4, 0.5) is 0 Å². The van der Waals surface area contributed by atoms with Crippen LogP contribution in [0.15, 0.2) is 24.1 Å². The number of aromatic nitrogens is 3. The summed E-state index contributed by atoms with van der Waals surface area (Å²) >= 11 is 1.38. The number of amides is 1. The number of nitrogens with zero attached hydrogens (tertiary/aromatic N) is 4. The third-order valence-corrected chi connectivity index (χ3v) is 5.16. The lowest BCUT2D eigenvalue weighted by Gasteiger charge is -2.32. The van der Waals surface area contributed by atoms with Crippen LogP contribution in [-0.4, -0.2) is 45.0 Å². The van der Waals surface area contributed by atoms with Crippen molar-refractivity contribution < 1.29 is 4.79 Å². The molecular weight excluding hydrogens is 310 g/mol. The highest BCUT2D eigenvalue weighted by Gasteiger charge is 2.21. The van der Waals surface area contributed by atoms with Crippen LogP contribution in [0, 0.1) is 5.92 Å². The quantitative estimate of drug-likeness (QED) is 0.877. The van der Waals surface area contributed by atoms with Gasteiger partial charge in [0.15, 0.2) is 0 Å². The van der Waals surface area contributed by atoms with E-state index < -0.39 is 0 Å². The minimum Gasteiger partial charge on any atom is -0.351 e. The molecule has 2 aromatic rings. The van der Waals surface area contributed by atoms with Crippen LogP contribution in [0.5, 0.6) is 0 Å². The summed E-state index contributed by atoms with van der Waals surface area (Å²) in [5, 5.41) is 3.00. The predicted octanol–water partition coefficient (Wildman–Crippen LogP) is 1.91. The normalized spacial score (nSPS) is 18.9. The van der Waals surface area contributed by atoms with Crippen molar-refractivity contribution in [1.29, 1.82) is 0 Å². The van der Waals surface area contributed by atoms with E-state index in [0.717, 1.165) is 38.4 Å². The first kappa shape index (κ1) is 16.1. The zero-order chi connectivity index (χ0) is 16.1. The van der Waals surface area contributed by atoms with E-state index in [1.54, 1.807) is 11.7 Å². The number of imidazole rings is 1. The van der Waals surface area contributed by atoms with Gasteiger partial charge in [0, 0.05) is 32.5 Å². The van der Waals surface area contributed by atoms with Crippen molar-refractivity contribution in [3.05, 3.63) is 34.8 Å². The first-order valence-electron chi connectivity index (χ1n) is 8.07. The van der Waals surface area contributed by atoms with Crippen molar-refractivity contribution in [1.82, 2.24) is 24.8 Å². The third kappa shape index (κ3) is 4.39. The number of nitrogens with one attached hydrogen (secondary N) is 1. The smallest absolute Gasteiger partial charge is 0.262 e. The standard InChI is InChI=1S/C16H23N5OS/c1-20-8-6-18-15(20)11-21-7-2-3-13(10-21)4-5-19-16(22)14-9-17-12-23-14/h6,8-9,12-13H,2-5,7,10-11H2,1H3,(H,19,22)/t13-/m1/s1. The zero-order valence-corrected chi connectivity index (χ0v) is 14.3. The lowest BCUT2D eigenvalue weighted by Crippen LogP contribution is -2.37. The summed E-state index contributed by atoms with van der Waals surface area (Å²) in [5.74, 6) is 1.75. The summed E-state index contributed by atoms with van der Waals surface area (Å²) in [6, 6.07) is 0. The molecule has 3 rings (SSSR count). The Labute approximate surface area is 140 Å². The highest BCUT2D eigenvalue weighted by Crippen LogP contribution is 2.20. The van der Waals surface area contributed by atoms with Gasteiger partial charge in [-0.25, -0.2) is 4.98 Å². The van der Waals surface area contributed by atoms with Crippen molar-refractivity contribution in [2.75, 3.05) is 19.6 Å². The molecule has 2 aromatic heterocycles. The number of thiazole rings is 1. The number of hydrogen-bond donors (Lipinski definition) is 1. The highest BCUT2D eigenvalue weighted by molar-refractivity contribution is 7.11. The van der Waals surface area contributed by atoms with E-state index in [0.29, 0.717) is 10.8 Å². The maximum atomic E-state index is 11.9. The second-order valence-corrected chi connectivity index (χ2v) is 6.99. The molecular formula is C16H23N5OS. The van der Waals surface area contributed by atoms with Crippen LogP contribution in [0.1, 0.15) is 34.8 Å². The molecule has 1 amide bonds. The molecule has 7 heteroatoms. The number of hydrogen-bond acceptors (Lipinski definition) is 5. The van der Waals surface area contributed by atoms with Crippen LogP contribution in [-0.2, 0) is 13.6 Å². The van der Waals surface area contributed by atoms with Gasteiger partial charge in [-0.05, 0) is 31.7 Å². The van der Waals surface area contributed by atoms with Gasteiger partial charge in [-0.1, -0.05) is 0 Å². The first-order chi connectivity index (χ1) is 11.2. The third-order valence-electron chi connectivity index (χ3n) is 4.38. The van der Waals surface area contributed by atoms with E-state index in [2.05, 4.69) is 24.8 Å². The molecule has 0 spiro atoms. The maximum absolute atomic E-state index is 11.9. The average molecular weight is 333 g/mol. The molecule has 0 unspecified atom stereocenters. The van der Waals surface area contributed by atoms with Gasteiger partial charge in [-0.3, -0.25) is 14.7 Å². The molecule has 1 atom stereocenters. The molecule has 0 aromatic carbocycles. The molecule has 6 nitrogen and oxygen atoms in total. The Hall–Kier alpha value is -1.73. The van der Waals surface area contributed by atoms with Crippen LogP contribution in [0.3, 0.4) is 0 Å². The van der Waals surface area contributed by atoms with Crippen LogP contribution < -0.4 is 5.32 Å². The molecule has 23 heavy (non-hydrogen) atoms. The van der Waals surface area contributed by atoms with Crippen molar-refractivity contribution in [2.45, 2.75) is 25.8 Å². The molecule has 1 aliphatic rings. The fourth-order valence-corrected chi connectivity index (χ4v) is 3.62. The fourth-order valence-electron chi connectivity index (χ4n) is 3.08. The van der Waals surface area contributed by atoms with E-state index in [9.17, 15) is 4.79 Å². The number of carbonyl (C=O) groups is 1. The Balaban J connectivity index is 1.42. The molecule has 0 saturated carbocycles. The summed E-state index contributed by atoms with van der Waals surface area (Å²) in [4.78, 5) is 23.4. The molecule has 1 saturated heterocycles. The molecule has 1 aliphatic heterocycles. The van der Waals surface area contributed by atoms with Crippen molar-refractivity contribution >= 4 is 17.2 Å². The number of carbonyl (C=O) groups excluding carboxylic acids is 1. The molecule has 124 valence electrons. The Morgan fingerprint density at radius 2 is 2.43 bits per heavy atom. The lowest BCUT2D eigenvalue weighted by atomic mass is 9.95. The molecule has 3 heterocycles. The van der Waals surface area contributed by atoms with E-state index in [1.165, 1.54) is 24.2 Å². The van der Waals surface area contributed by atoms with Gasteiger partial charge >= 0.3 is 0 Å². The summed E-state index contributed by atoms with van der Waals surface area (Å²) in [7, 11) is 2.04. The lowest BCUT2D eigenvalue weighted by molar-refractivity contribution is 0.0950. The van der Waals surface area contributed by atoms with E-state index >= 15 is 0 Å². The van der Waals surface area contributed by atoms with E-state index in [-0.39, 0.29) is 5.91 Å². The van der Waals surface area contributed by atoms with Crippen molar-refractivity contribution in [3.8, 4) is 0 Å². The van der Waals surface area contributed by atoms with E-state index in [4.69, 9.17) is 0 Å². The van der Waals surface area contributed by atoms with Gasteiger partial charge in [0.2, 0.25) is 0 Å². The number of likely N-dealkylation sites (tertiary alicyclic amines) is 1. The minimum absolute atomic E-state index is 0.00632. The fraction of sp³-hybridized carbons (Fsp3) is 0.562. The second-order valence-electron chi connectivity index (χ2n) is 6.11. The van der Waals surface area contributed by atoms with Gasteiger partial charge in [0.25, 0.3) is 5.91 Å². The van der Waals surface area contributed by atoms with Crippen molar-refractivity contribution in [2.24, 2.45) is 13.0 Å². The van der Waals surface area contributed by atoms with Crippen LogP contribution in [0.2, 0.25) is 0 Å². The summed E-state index contributed by atoms with van der Waals surface area (Å²) in [6.07, 6.45) is 8.96. The topological polar surface area (TPSA) is 63.1 Å². The number of piperidine rings is 1. The number of rotatable bonds is 6. The van der Waals surface area contributed by atoms with Crippen LogP contribution >= 0.6 is 11.3 Å². The van der Waals surface area contributed by atoms with Gasteiger partial charge in [0.05, 0.1) is 18.3 Å². The average Bonchev–Trinajstić information content (AvgIpc) is 3.20. The Morgan fingerprint density at radius 3 is 3.17 bits per heavy atom. The Bertz CT molecular complexity index is 624. The van der Waals surface area contributed by atoms with Gasteiger partial charge in [-0.15, -0.1) is 11.3 Å². The molecule has 0 radical (unpaired) electrons. The summed E-state index contributed by atoms with van der Waals surface area (Å²) < 4.78 is 2.08. The molecule has 0 aliphatic carbocycles. The van der Waals surface area contributed by atoms with Crippen molar-refractivity contribution in [3.63, 3.8) is 0 Å². The SMILES string of the molecule is Cn1ccnc1CN1CCC[C@H](CCNC(=O)c2cncs2)C1. The maximum Gasteiger partial charge on any atom is 0.262 e. The molecule has 1 fully saturated rings. The molecule has 0 bridgehead atoms. The number of aryl methyl sites for hydroxylation is 1. The van der Waals surface area contributed by atoms with Gasteiger partial charge in [0.1, 0.15) is 10.7 Å². The minimum atomic E-state index is -0.00632. The van der Waals surface area contributed by atoms with Crippen LogP contribution in [0.25, 0.3) is 0 Å². The van der Waals surface area contributed by atoms with Gasteiger partial charge in [-0.2, -0.15) is 0 Å². The summed E-state index contributed by atoms with van der Waals surface area (Å²) in [6.45, 7) is 3.87. The van der Waals surface area contributed by atoms with Gasteiger partial charge < -0.3 is 9.88 Å². The first-order valence-corrected chi connectivity index (χ1v) is 8.95. The predicted molar refractivity (Wildman–Crippen MR) is 90.3 cm³/mol. The largest absolute Gasteiger partial charge is 0.351 e. The Kier molecular flexibility index (Phi) is 5.40. The highest BCUT2D eigenvalue weighted by atomic mass is 32.1. The molecule has 1 N–H and O–H groups in total. The second kappa shape index (κ2) is 7.70. The Morgan fingerprint density at radius 1 is 1.52 bits per heavy atom.